The van der Waals surface area contributed by atoms with Crippen LogP contribution in [0.1, 0.15) is 25.7 Å². The van der Waals surface area contributed by atoms with E-state index >= 15 is 0 Å². The highest BCUT2D eigenvalue weighted by Crippen LogP contribution is 2.41. The molecule has 2 atom stereocenters. The molecular weight excluding hydrogens is 176 g/mol. The number of rotatable bonds is 0. The number of hydrogen-bond donors (Lipinski definition) is 1. The van der Waals surface area contributed by atoms with Crippen molar-refractivity contribution < 1.29 is 4.74 Å². The van der Waals surface area contributed by atoms with Crippen molar-refractivity contribution in [2.75, 3.05) is 26.7 Å². The van der Waals surface area contributed by atoms with Gasteiger partial charge < -0.3 is 15.0 Å². The maximum Gasteiger partial charge on any atom is 0.0836 e. The minimum Gasteiger partial charge on any atom is -0.372 e. The van der Waals surface area contributed by atoms with Crippen molar-refractivity contribution in [3.8, 4) is 0 Å². The van der Waals surface area contributed by atoms with Crippen LogP contribution in [0.25, 0.3) is 0 Å². The Morgan fingerprint density at radius 3 is 2.57 bits per heavy atom. The highest BCUT2D eigenvalue weighted by atomic mass is 16.5. The molecule has 0 saturated carbocycles. The van der Waals surface area contributed by atoms with Gasteiger partial charge in [-0.2, -0.15) is 0 Å². The van der Waals surface area contributed by atoms with Crippen molar-refractivity contribution in [3.05, 3.63) is 0 Å². The van der Waals surface area contributed by atoms with E-state index in [-0.39, 0.29) is 5.60 Å². The Morgan fingerprint density at radius 1 is 1.29 bits per heavy atom. The third-order valence-electron chi connectivity index (χ3n) is 4.33. The molecule has 3 heteroatoms. The average molecular weight is 196 g/mol. The molecule has 3 aliphatic heterocycles. The average Bonchev–Trinajstić information content (AvgIpc) is 2.45. The van der Waals surface area contributed by atoms with Gasteiger partial charge >= 0.3 is 0 Å². The van der Waals surface area contributed by atoms with Gasteiger partial charge in [-0.3, -0.25) is 0 Å². The second-order valence-corrected chi connectivity index (χ2v) is 5.17. The lowest BCUT2D eigenvalue weighted by atomic mass is 9.85. The molecule has 3 nitrogen and oxygen atoms in total. The molecule has 14 heavy (non-hydrogen) atoms. The predicted octanol–water partition coefficient (Wildman–Crippen LogP) is 0.602. The van der Waals surface area contributed by atoms with Crippen molar-refractivity contribution in [2.45, 2.75) is 43.4 Å². The summed E-state index contributed by atoms with van der Waals surface area (Å²) in [5.74, 6) is 0. The largest absolute Gasteiger partial charge is 0.372 e. The molecule has 0 amide bonds. The summed E-state index contributed by atoms with van der Waals surface area (Å²) in [5.41, 5.74) is 0.191. The van der Waals surface area contributed by atoms with Gasteiger partial charge in [0.2, 0.25) is 0 Å². The van der Waals surface area contributed by atoms with Gasteiger partial charge in [0.05, 0.1) is 12.2 Å². The van der Waals surface area contributed by atoms with Crippen LogP contribution < -0.4 is 5.32 Å². The fourth-order valence-corrected chi connectivity index (χ4v) is 3.49. The molecular formula is C11H20N2O. The number of piperidine rings is 1. The van der Waals surface area contributed by atoms with E-state index in [2.05, 4.69) is 17.3 Å². The summed E-state index contributed by atoms with van der Waals surface area (Å²) in [6, 6.07) is 1.57. The van der Waals surface area contributed by atoms with Crippen LogP contribution in [0, 0.1) is 0 Å². The quantitative estimate of drug-likeness (QED) is 0.614. The van der Waals surface area contributed by atoms with Crippen LogP contribution in [0.15, 0.2) is 0 Å². The van der Waals surface area contributed by atoms with Crippen LogP contribution in [0.2, 0.25) is 0 Å². The van der Waals surface area contributed by atoms with Crippen LogP contribution in [0.4, 0.5) is 0 Å². The lowest BCUT2D eigenvalue weighted by Crippen LogP contribution is -2.58. The number of morpholine rings is 1. The topological polar surface area (TPSA) is 24.5 Å². The van der Waals surface area contributed by atoms with Crippen molar-refractivity contribution >= 4 is 0 Å². The van der Waals surface area contributed by atoms with Crippen LogP contribution in [0.5, 0.6) is 0 Å². The Balaban J connectivity index is 1.77. The number of nitrogens with zero attached hydrogens (tertiary/aromatic N) is 1. The normalized spacial score (nSPS) is 48.6. The van der Waals surface area contributed by atoms with Gasteiger partial charge in [0.1, 0.15) is 0 Å². The minimum absolute atomic E-state index is 0.191. The highest BCUT2D eigenvalue weighted by Gasteiger charge is 2.48. The van der Waals surface area contributed by atoms with E-state index in [4.69, 9.17) is 4.74 Å². The van der Waals surface area contributed by atoms with Crippen molar-refractivity contribution in [1.29, 1.82) is 0 Å². The van der Waals surface area contributed by atoms with E-state index in [1.54, 1.807) is 0 Å². The molecule has 3 rings (SSSR count). The highest BCUT2D eigenvalue weighted by molar-refractivity contribution is 5.03. The first-order valence-corrected chi connectivity index (χ1v) is 5.86. The van der Waals surface area contributed by atoms with Crippen LogP contribution >= 0.6 is 0 Å². The number of nitrogens with one attached hydrogen (secondary N) is 1. The second kappa shape index (κ2) is 3.19. The number of fused-ring (bicyclic) bond motifs is 2. The zero-order chi connectivity index (χ0) is 9.60. The SMILES string of the molecule is CN1[C@@H]2CC[C@@H]1CC1(CNCCO1)C2. The van der Waals surface area contributed by atoms with Crippen LogP contribution in [-0.2, 0) is 4.74 Å². The molecule has 0 unspecified atom stereocenters. The molecule has 1 spiro atoms. The molecule has 0 aliphatic carbocycles. The number of ether oxygens (including phenoxy) is 1. The van der Waals surface area contributed by atoms with Crippen LogP contribution in [-0.4, -0.2) is 49.3 Å². The lowest BCUT2D eigenvalue weighted by molar-refractivity contribution is -0.114. The first-order chi connectivity index (χ1) is 6.79. The molecule has 0 aromatic heterocycles. The molecule has 1 N–H and O–H groups in total. The van der Waals surface area contributed by atoms with E-state index in [0.717, 1.165) is 31.8 Å². The lowest BCUT2D eigenvalue weighted by Gasteiger charge is -2.47. The maximum atomic E-state index is 6.05. The van der Waals surface area contributed by atoms with Crippen LogP contribution in [0.3, 0.4) is 0 Å². The maximum absolute atomic E-state index is 6.05. The molecule has 0 radical (unpaired) electrons. The fraction of sp³-hybridized carbons (Fsp3) is 1.00. The van der Waals surface area contributed by atoms with Gasteiger partial charge in [-0.15, -0.1) is 0 Å². The van der Waals surface area contributed by atoms with Crippen molar-refractivity contribution in [2.24, 2.45) is 0 Å². The Kier molecular flexibility index (Phi) is 2.08. The Labute approximate surface area is 85.8 Å². The van der Waals surface area contributed by atoms with E-state index in [1.165, 1.54) is 25.7 Å². The van der Waals surface area contributed by atoms with Gasteiger partial charge in [-0.25, -0.2) is 0 Å². The predicted molar refractivity (Wildman–Crippen MR) is 55.4 cm³/mol. The second-order valence-electron chi connectivity index (χ2n) is 5.17. The van der Waals surface area contributed by atoms with Gasteiger partial charge in [-0.05, 0) is 32.7 Å². The zero-order valence-electron chi connectivity index (χ0n) is 8.96. The molecule has 2 bridgehead atoms. The van der Waals surface area contributed by atoms with Gasteiger partial charge in [0, 0.05) is 25.2 Å². The van der Waals surface area contributed by atoms with E-state index in [0.29, 0.717) is 0 Å². The van der Waals surface area contributed by atoms with E-state index in [1.807, 2.05) is 0 Å². The van der Waals surface area contributed by atoms with Crippen molar-refractivity contribution in [3.63, 3.8) is 0 Å². The summed E-state index contributed by atoms with van der Waals surface area (Å²) >= 11 is 0. The molecule has 3 saturated heterocycles. The first-order valence-electron chi connectivity index (χ1n) is 5.86. The molecule has 3 fully saturated rings. The van der Waals surface area contributed by atoms with Gasteiger partial charge in [-0.1, -0.05) is 0 Å². The zero-order valence-corrected chi connectivity index (χ0v) is 8.96. The summed E-state index contributed by atoms with van der Waals surface area (Å²) in [4.78, 5) is 2.57. The summed E-state index contributed by atoms with van der Waals surface area (Å²) in [6.45, 7) is 3.02. The number of hydrogen-bond acceptors (Lipinski definition) is 3. The smallest absolute Gasteiger partial charge is 0.0836 e. The minimum atomic E-state index is 0.191. The standard InChI is InChI=1S/C11H20N2O/c1-13-9-2-3-10(13)7-11(6-9)8-12-4-5-14-11/h9-10,12H,2-8H2,1H3/t9-,10-/m1/s1. The summed E-state index contributed by atoms with van der Waals surface area (Å²) in [6.07, 6.45) is 5.25. The van der Waals surface area contributed by atoms with Gasteiger partial charge in [0.25, 0.3) is 0 Å². The third kappa shape index (κ3) is 1.30. The van der Waals surface area contributed by atoms with E-state index < -0.39 is 0 Å². The molecule has 80 valence electrons. The summed E-state index contributed by atoms with van der Waals surface area (Å²) in [5, 5.41) is 3.49. The molecule has 0 aromatic carbocycles. The Morgan fingerprint density at radius 2 is 2.00 bits per heavy atom. The third-order valence-corrected chi connectivity index (χ3v) is 4.33. The fourth-order valence-electron chi connectivity index (χ4n) is 3.49. The van der Waals surface area contributed by atoms with E-state index in [9.17, 15) is 0 Å². The Hall–Kier alpha value is -0.120. The summed E-state index contributed by atoms with van der Waals surface area (Å²) < 4.78 is 6.05. The molecule has 3 aliphatic rings. The monoisotopic (exact) mass is 196 g/mol. The first kappa shape index (κ1) is 9.13. The molecule has 0 aromatic rings. The Bertz CT molecular complexity index is 209. The van der Waals surface area contributed by atoms with Gasteiger partial charge in [0.15, 0.2) is 0 Å². The molecule has 3 heterocycles. The van der Waals surface area contributed by atoms with Crippen molar-refractivity contribution in [1.82, 2.24) is 10.2 Å². The summed E-state index contributed by atoms with van der Waals surface area (Å²) in [7, 11) is 2.28.